The summed E-state index contributed by atoms with van der Waals surface area (Å²) < 4.78 is 119. The number of nitrogens with zero attached hydrogens (tertiary/aromatic N) is 2. The predicted octanol–water partition coefficient (Wildman–Crippen LogP) is -0.131. The second-order valence-electron chi connectivity index (χ2n) is 8.19. The third-order valence-electron chi connectivity index (χ3n) is 5.03. The fourth-order valence-electron chi connectivity index (χ4n) is 3.11. The molecule has 0 spiro atoms. The van der Waals surface area contributed by atoms with Crippen LogP contribution in [0.2, 0.25) is 0 Å². The largest absolute Gasteiger partial charge is 2.00 e. The normalized spacial score (nSPS) is 11.9. The average molecular weight is 745 g/mol. The molecule has 0 aliphatic carbocycles. The zero-order valence-electron chi connectivity index (χ0n) is 21.5. The molecule has 0 aromatic heterocycles. The number of fused-ring (bicyclic) bond motifs is 1. The molecule has 0 heterocycles. The van der Waals surface area contributed by atoms with Crippen molar-refractivity contribution in [2.45, 2.75) is 16.2 Å². The molecule has 0 atom stereocenters. The molecule has 3 aromatic rings. The topological polar surface area (TPSA) is 313 Å². The van der Waals surface area contributed by atoms with E-state index in [1.807, 2.05) is 0 Å². The molecule has 243 valence electrons. The Labute approximate surface area is 261 Å². The number of anilines is 1. The summed E-state index contributed by atoms with van der Waals surface area (Å²) in [5.41, 5.74) is -0.292. The monoisotopic (exact) mass is 744 g/mol. The second-order valence-corrected chi connectivity index (χ2v) is 14.3. The summed E-state index contributed by atoms with van der Waals surface area (Å²) in [6.07, 6.45) is -0.487. The molecular formula is C21H19CuN3O15S4. The van der Waals surface area contributed by atoms with E-state index in [4.69, 9.17) is 14.5 Å². The van der Waals surface area contributed by atoms with Crippen LogP contribution >= 0.6 is 0 Å². The number of carbonyl (C=O) groups is 1. The van der Waals surface area contributed by atoms with Gasteiger partial charge in [-0.25, -0.2) is 21.0 Å². The van der Waals surface area contributed by atoms with Crippen molar-refractivity contribution in [1.29, 1.82) is 5.39 Å². The van der Waals surface area contributed by atoms with E-state index in [9.17, 15) is 53.2 Å². The van der Waals surface area contributed by atoms with E-state index in [-0.39, 0.29) is 38.4 Å². The van der Waals surface area contributed by atoms with Gasteiger partial charge in [0.1, 0.15) is 10.1 Å². The van der Waals surface area contributed by atoms with Crippen molar-refractivity contribution < 1.29 is 83.6 Å². The molecular weight excluding hydrogens is 726 g/mol. The first kappa shape index (κ1) is 38.6. The van der Waals surface area contributed by atoms with E-state index in [1.165, 1.54) is 18.2 Å². The van der Waals surface area contributed by atoms with E-state index < -0.39 is 93.0 Å². The smallest absolute Gasteiger partial charge is 0.872 e. The van der Waals surface area contributed by atoms with Gasteiger partial charge in [0, 0.05) is 12.1 Å². The molecule has 3 N–H and O–H groups in total. The Morgan fingerprint density at radius 1 is 0.864 bits per heavy atom. The van der Waals surface area contributed by atoms with Crippen LogP contribution in [0, 0.1) is 5.39 Å². The molecule has 0 saturated carbocycles. The second kappa shape index (κ2) is 15.0. The number of nitrogens with one attached hydrogen (secondary N) is 1. The molecule has 0 fully saturated rings. The fourth-order valence-corrected chi connectivity index (χ4v) is 5.58. The van der Waals surface area contributed by atoms with Crippen LogP contribution < -0.4 is 15.5 Å². The van der Waals surface area contributed by atoms with Crippen molar-refractivity contribution in [2.75, 3.05) is 23.4 Å². The van der Waals surface area contributed by atoms with E-state index >= 15 is 0 Å². The van der Waals surface area contributed by atoms with E-state index in [0.29, 0.717) is 0 Å². The van der Waals surface area contributed by atoms with Crippen LogP contribution in [-0.4, -0.2) is 71.3 Å². The van der Waals surface area contributed by atoms with Crippen molar-refractivity contribution in [1.82, 2.24) is 0 Å². The minimum Gasteiger partial charge on any atom is -0.872 e. The summed E-state index contributed by atoms with van der Waals surface area (Å²) >= 11 is 0. The molecule has 3 rings (SSSR count). The number of carbonyl (C=O) groups excluding carboxylic acids is 1. The Balaban J connectivity index is 0.000000442. The molecule has 0 unspecified atom stereocenters. The van der Waals surface area contributed by atoms with Crippen LogP contribution in [0.5, 0.6) is 11.5 Å². The summed E-state index contributed by atoms with van der Waals surface area (Å²) in [7, 11) is -17.8. The van der Waals surface area contributed by atoms with Crippen LogP contribution in [0.4, 0.5) is 11.4 Å². The Kier molecular flexibility index (Phi) is 13.2. The number of amides is 1. The standard InChI is InChI=1S/C13H13NO8S2.C8H8N2O7S2.Cu/c15-12-7-10(24(20,21)22)6-8-5-9(1-2-11(8)12)14-13(16)3-4-23(17,18)19;9-10-7-5-6(1-2-8(7)11)18(12,13)4-3-17-19(14,15)16;/h1-2,5-7,15H,3-4H2,(H,14,16)(H,17,18,19)(H,20,21,22);1-2,5H,3-4H2,(H-,11,14,15,16);/q;;+2/p-2. The number of diazo groups is 1. The molecule has 0 aliphatic heterocycles. The van der Waals surface area contributed by atoms with Gasteiger partial charge in [-0.2, -0.15) is 16.8 Å². The summed E-state index contributed by atoms with van der Waals surface area (Å²) in [6, 6.07) is 8.41. The molecule has 44 heavy (non-hydrogen) atoms. The minimum absolute atomic E-state index is 0. The first-order valence-corrected chi connectivity index (χ1v) is 17.1. The summed E-state index contributed by atoms with van der Waals surface area (Å²) in [5, 5.41) is 34.0. The number of sulfone groups is 1. The van der Waals surface area contributed by atoms with Gasteiger partial charge in [-0.3, -0.25) is 13.9 Å². The maximum Gasteiger partial charge on any atom is 2.00 e. The quantitative estimate of drug-likeness (QED) is 0.138. The maximum atomic E-state index is 11.8. The van der Waals surface area contributed by atoms with Crippen molar-refractivity contribution in [3.63, 3.8) is 0 Å². The zero-order valence-corrected chi connectivity index (χ0v) is 25.7. The molecule has 0 aliphatic rings. The van der Waals surface area contributed by atoms with Gasteiger partial charge in [-0.15, -0.1) is 0 Å². The number of rotatable bonds is 10. The number of hydrogen-bond acceptors (Lipinski definition) is 14. The molecule has 23 heteroatoms. The SMILES string of the molecule is N#[N+]c1cc(S(=O)(=O)CCOS(=O)(=O)O)ccc1[O-].O=C(CCS(=O)(=O)O)Nc1ccc2c([O-])cc(S(=O)(=O)[O-])cc2c1.[Cu+2]. The Morgan fingerprint density at radius 3 is 2.05 bits per heavy atom. The molecule has 1 radical (unpaired) electrons. The fraction of sp³-hybridized carbons (Fsp3) is 0.190. The Bertz CT molecular complexity index is 2030. The zero-order chi connectivity index (χ0) is 32.8. The third kappa shape index (κ3) is 12.3. The van der Waals surface area contributed by atoms with Crippen LogP contribution in [0.3, 0.4) is 0 Å². The average Bonchev–Trinajstić information content (AvgIpc) is 2.86. The van der Waals surface area contributed by atoms with Crippen LogP contribution in [-0.2, 0) is 66.5 Å². The van der Waals surface area contributed by atoms with Crippen LogP contribution in [0.25, 0.3) is 15.7 Å². The van der Waals surface area contributed by atoms with Gasteiger partial charge < -0.3 is 20.1 Å². The van der Waals surface area contributed by atoms with Crippen molar-refractivity contribution in [3.8, 4) is 11.5 Å². The van der Waals surface area contributed by atoms with Crippen molar-refractivity contribution in [2.24, 2.45) is 0 Å². The Hall–Kier alpha value is -3.43. The van der Waals surface area contributed by atoms with E-state index in [2.05, 4.69) is 14.5 Å². The first-order chi connectivity index (χ1) is 19.6. The third-order valence-corrected chi connectivity index (χ3v) is 8.70. The van der Waals surface area contributed by atoms with Gasteiger partial charge in [0.2, 0.25) is 11.3 Å². The van der Waals surface area contributed by atoms with Gasteiger partial charge in [-0.05, 0) is 40.8 Å². The molecule has 18 nitrogen and oxygen atoms in total. The first-order valence-electron chi connectivity index (χ1n) is 11.1. The summed E-state index contributed by atoms with van der Waals surface area (Å²) in [4.78, 5) is 13.2. The maximum absolute atomic E-state index is 11.8. The van der Waals surface area contributed by atoms with Crippen molar-refractivity contribution >= 4 is 68.5 Å². The molecule has 0 bridgehead atoms. The van der Waals surface area contributed by atoms with Gasteiger partial charge >= 0.3 is 33.2 Å². The van der Waals surface area contributed by atoms with Gasteiger partial charge in [0.15, 0.2) is 14.8 Å². The molecule has 3 aromatic carbocycles. The Morgan fingerprint density at radius 2 is 1.50 bits per heavy atom. The number of hydrogen-bond donors (Lipinski definition) is 3. The summed E-state index contributed by atoms with van der Waals surface area (Å²) in [6.45, 7) is -0.786. The van der Waals surface area contributed by atoms with E-state index in [0.717, 1.165) is 30.3 Å². The van der Waals surface area contributed by atoms with Crippen LogP contribution in [0.1, 0.15) is 6.42 Å². The van der Waals surface area contributed by atoms with Gasteiger partial charge in [0.05, 0.1) is 34.0 Å². The van der Waals surface area contributed by atoms with Gasteiger partial charge in [-0.1, -0.05) is 23.9 Å². The number of benzene rings is 3. The molecule has 1 amide bonds. The summed E-state index contributed by atoms with van der Waals surface area (Å²) in [5.74, 6) is -3.53. The predicted molar refractivity (Wildman–Crippen MR) is 141 cm³/mol. The van der Waals surface area contributed by atoms with Crippen LogP contribution in [0.15, 0.2) is 58.3 Å². The van der Waals surface area contributed by atoms with Gasteiger partial charge in [0.25, 0.3) is 10.1 Å². The van der Waals surface area contributed by atoms with E-state index in [1.54, 1.807) is 0 Å². The molecule has 0 saturated heterocycles. The van der Waals surface area contributed by atoms with Crippen molar-refractivity contribution in [3.05, 3.63) is 53.5 Å². The minimum atomic E-state index is -4.81.